The van der Waals surface area contributed by atoms with Crippen molar-refractivity contribution in [2.45, 2.75) is 13.0 Å². The highest BCUT2D eigenvalue weighted by molar-refractivity contribution is 4.85. The molecule has 0 amide bonds. The first-order chi connectivity index (χ1) is 6.02. The monoisotopic (exact) mass is 190 g/mol. The second kappa shape index (κ2) is 3.51. The van der Waals surface area contributed by atoms with Crippen molar-refractivity contribution in [3.63, 3.8) is 0 Å². The third kappa shape index (κ3) is 2.01. The van der Waals surface area contributed by atoms with Crippen LogP contribution in [0.5, 0.6) is 0 Å². The second-order valence-electron chi connectivity index (χ2n) is 2.55. The van der Waals surface area contributed by atoms with Gasteiger partial charge in [-0.2, -0.15) is 0 Å². The van der Waals surface area contributed by atoms with E-state index < -0.39 is 24.2 Å². The fourth-order valence-electron chi connectivity index (χ4n) is 0.920. The van der Waals surface area contributed by atoms with E-state index in [1.807, 2.05) is 0 Å². The molecule has 0 saturated carbocycles. The lowest BCUT2D eigenvalue weighted by Crippen LogP contribution is -2.39. The molecule has 0 aliphatic carbocycles. The fraction of sp³-hybridized carbons (Fsp3) is 0.429. The zero-order valence-corrected chi connectivity index (χ0v) is 6.91. The molecule has 1 aromatic heterocycles. The van der Waals surface area contributed by atoms with Crippen molar-refractivity contribution in [1.29, 1.82) is 0 Å². The lowest BCUT2D eigenvalue weighted by Gasteiger charge is -2.04. The predicted octanol–water partition coefficient (Wildman–Crippen LogP) is -0.188. The molecular weight excluding hydrogens is 182 g/mol. The number of hydrogen-bond acceptors (Lipinski definition) is 2. The maximum Gasteiger partial charge on any atom is 0.330 e. The topological polar surface area (TPSA) is 44.0 Å². The number of alkyl halides is 2. The van der Waals surface area contributed by atoms with Crippen LogP contribution in [-0.2, 0) is 13.6 Å². The van der Waals surface area contributed by atoms with Gasteiger partial charge >= 0.3 is 5.69 Å². The summed E-state index contributed by atoms with van der Waals surface area (Å²) in [6.07, 6.45) is -1.46. The first kappa shape index (κ1) is 9.63. The van der Waals surface area contributed by atoms with Gasteiger partial charge in [0.2, 0.25) is 0 Å². The molecule has 0 saturated heterocycles. The Morgan fingerprint density at radius 3 is 2.62 bits per heavy atom. The van der Waals surface area contributed by atoms with Gasteiger partial charge in [-0.25, -0.2) is 13.6 Å². The Hall–Kier alpha value is -1.46. The summed E-state index contributed by atoms with van der Waals surface area (Å²) in [5, 5.41) is 0. The Morgan fingerprint density at radius 1 is 1.46 bits per heavy atom. The molecule has 0 spiro atoms. The van der Waals surface area contributed by atoms with Crippen molar-refractivity contribution < 1.29 is 8.78 Å². The molecule has 72 valence electrons. The second-order valence-corrected chi connectivity index (χ2v) is 2.55. The predicted molar refractivity (Wildman–Crippen MR) is 41.9 cm³/mol. The quantitative estimate of drug-likeness (QED) is 0.648. The van der Waals surface area contributed by atoms with Gasteiger partial charge in [-0.05, 0) is 0 Å². The van der Waals surface area contributed by atoms with E-state index in [1.165, 1.54) is 13.2 Å². The Balaban J connectivity index is 3.27. The number of halogens is 2. The van der Waals surface area contributed by atoms with Gasteiger partial charge in [-0.15, -0.1) is 0 Å². The largest absolute Gasteiger partial charge is 0.330 e. The van der Waals surface area contributed by atoms with Crippen LogP contribution in [-0.4, -0.2) is 15.6 Å². The van der Waals surface area contributed by atoms with E-state index in [4.69, 9.17) is 0 Å². The molecule has 1 rings (SSSR count). The maximum atomic E-state index is 11.9. The van der Waals surface area contributed by atoms with Gasteiger partial charge in [0.05, 0.1) is 6.54 Å². The van der Waals surface area contributed by atoms with Crippen molar-refractivity contribution in [2.24, 2.45) is 7.05 Å². The van der Waals surface area contributed by atoms with Crippen LogP contribution in [0.4, 0.5) is 8.78 Å². The summed E-state index contributed by atoms with van der Waals surface area (Å²) < 4.78 is 25.4. The van der Waals surface area contributed by atoms with Crippen molar-refractivity contribution in [3.05, 3.63) is 33.1 Å². The van der Waals surface area contributed by atoms with Crippen LogP contribution >= 0.6 is 0 Å². The Kier molecular flexibility index (Phi) is 2.60. The molecule has 0 N–H and O–H groups in total. The summed E-state index contributed by atoms with van der Waals surface area (Å²) in [7, 11) is 1.39. The number of aryl methyl sites for hydroxylation is 1. The summed E-state index contributed by atoms with van der Waals surface area (Å²) in [6, 6.07) is 1.07. The van der Waals surface area contributed by atoms with Crippen molar-refractivity contribution >= 4 is 0 Å². The molecule has 6 heteroatoms. The standard InChI is InChI=1S/C7H8F2N2O2/c1-10-3-2-6(12)11(7(10)13)4-5(8)9/h2-3,5H,4H2,1H3. The van der Waals surface area contributed by atoms with Crippen LogP contribution in [0.1, 0.15) is 0 Å². The van der Waals surface area contributed by atoms with E-state index in [0.717, 1.165) is 10.6 Å². The van der Waals surface area contributed by atoms with Crippen molar-refractivity contribution in [3.8, 4) is 0 Å². The van der Waals surface area contributed by atoms with Crippen LogP contribution in [0, 0.1) is 0 Å². The van der Waals surface area contributed by atoms with E-state index in [0.29, 0.717) is 4.57 Å². The van der Waals surface area contributed by atoms with Crippen LogP contribution < -0.4 is 11.2 Å². The molecule has 0 radical (unpaired) electrons. The Labute approximate surface area is 72.0 Å². The molecule has 13 heavy (non-hydrogen) atoms. The van der Waals surface area contributed by atoms with Crippen LogP contribution in [0.15, 0.2) is 21.9 Å². The number of rotatable bonds is 2. The zero-order chi connectivity index (χ0) is 10.0. The van der Waals surface area contributed by atoms with Gasteiger partial charge in [0.25, 0.3) is 12.0 Å². The minimum atomic E-state index is -2.70. The van der Waals surface area contributed by atoms with Gasteiger partial charge in [0.1, 0.15) is 0 Å². The highest BCUT2D eigenvalue weighted by Gasteiger charge is 2.08. The molecule has 0 unspecified atom stereocenters. The number of nitrogens with zero attached hydrogens (tertiary/aromatic N) is 2. The SMILES string of the molecule is Cn1ccc(=O)n(CC(F)F)c1=O. The van der Waals surface area contributed by atoms with Gasteiger partial charge < -0.3 is 4.57 Å². The molecule has 4 nitrogen and oxygen atoms in total. The van der Waals surface area contributed by atoms with E-state index in [2.05, 4.69) is 0 Å². The first-order valence-corrected chi connectivity index (χ1v) is 3.57. The van der Waals surface area contributed by atoms with Gasteiger partial charge in [0, 0.05) is 19.3 Å². The van der Waals surface area contributed by atoms with Gasteiger partial charge in [-0.1, -0.05) is 0 Å². The van der Waals surface area contributed by atoms with Gasteiger partial charge in [-0.3, -0.25) is 9.36 Å². The summed E-state index contributed by atoms with van der Waals surface area (Å²) in [4.78, 5) is 22.1. The minimum Gasteiger partial charge on any atom is -0.303 e. The maximum absolute atomic E-state index is 11.9. The molecule has 0 aliphatic rings. The normalized spacial score (nSPS) is 10.8. The molecule has 1 aromatic rings. The van der Waals surface area contributed by atoms with E-state index >= 15 is 0 Å². The minimum absolute atomic E-state index is 0.505. The zero-order valence-electron chi connectivity index (χ0n) is 6.91. The third-order valence-electron chi connectivity index (χ3n) is 1.56. The van der Waals surface area contributed by atoms with Crippen molar-refractivity contribution in [2.75, 3.05) is 0 Å². The number of aromatic nitrogens is 2. The first-order valence-electron chi connectivity index (χ1n) is 3.57. The molecule has 0 aromatic carbocycles. The molecule has 0 bridgehead atoms. The van der Waals surface area contributed by atoms with Crippen molar-refractivity contribution in [1.82, 2.24) is 9.13 Å². The van der Waals surface area contributed by atoms with Crippen LogP contribution in [0.25, 0.3) is 0 Å². The van der Waals surface area contributed by atoms with Gasteiger partial charge in [0.15, 0.2) is 0 Å². The summed E-state index contributed by atoms with van der Waals surface area (Å²) in [5.74, 6) is 0. The lowest BCUT2D eigenvalue weighted by atomic mass is 10.5. The van der Waals surface area contributed by atoms with Crippen LogP contribution in [0.3, 0.4) is 0 Å². The smallest absolute Gasteiger partial charge is 0.303 e. The van der Waals surface area contributed by atoms with Crippen LogP contribution in [0.2, 0.25) is 0 Å². The highest BCUT2D eigenvalue weighted by atomic mass is 19.3. The van der Waals surface area contributed by atoms with E-state index in [-0.39, 0.29) is 0 Å². The summed E-state index contributed by atoms with van der Waals surface area (Å²) in [5.41, 5.74) is -1.43. The summed E-state index contributed by atoms with van der Waals surface area (Å²) in [6.45, 7) is -0.855. The molecular formula is C7H8F2N2O2. The number of hydrogen-bond donors (Lipinski definition) is 0. The molecule has 0 aliphatic heterocycles. The van der Waals surface area contributed by atoms with E-state index in [9.17, 15) is 18.4 Å². The summed E-state index contributed by atoms with van der Waals surface area (Å²) >= 11 is 0. The Morgan fingerprint density at radius 2 is 2.08 bits per heavy atom. The highest BCUT2D eigenvalue weighted by Crippen LogP contribution is 1.92. The average Bonchev–Trinajstić information content (AvgIpc) is 2.05. The molecule has 0 fully saturated rings. The molecule has 0 atom stereocenters. The van der Waals surface area contributed by atoms with E-state index in [1.54, 1.807) is 0 Å². The average molecular weight is 190 g/mol. The third-order valence-corrected chi connectivity index (χ3v) is 1.56. The lowest BCUT2D eigenvalue weighted by molar-refractivity contribution is 0.123. The fourth-order valence-corrected chi connectivity index (χ4v) is 0.920. The Bertz CT molecular complexity index is 408. The molecule has 1 heterocycles.